The van der Waals surface area contributed by atoms with Crippen LogP contribution in [0.3, 0.4) is 0 Å². The predicted molar refractivity (Wildman–Crippen MR) is 80.0 cm³/mol. The van der Waals surface area contributed by atoms with Crippen LogP contribution in [0.5, 0.6) is 0 Å². The van der Waals surface area contributed by atoms with Gasteiger partial charge in [0.1, 0.15) is 11.6 Å². The molecule has 2 heterocycles. The van der Waals surface area contributed by atoms with E-state index < -0.39 is 0 Å². The lowest BCUT2D eigenvalue weighted by molar-refractivity contribution is 0.0697. The van der Waals surface area contributed by atoms with Crippen molar-refractivity contribution in [3.8, 4) is 11.3 Å². The van der Waals surface area contributed by atoms with Gasteiger partial charge in [-0.15, -0.1) is 0 Å². The Bertz CT molecular complexity index is 644. The second-order valence-corrected chi connectivity index (χ2v) is 5.48. The van der Waals surface area contributed by atoms with Crippen molar-refractivity contribution in [1.82, 2.24) is 5.32 Å². The minimum Gasteiger partial charge on any atom is -0.451 e. The Morgan fingerprint density at radius 1 is 1.27 bits per heavy atom. The van der Waals surface area contributed by atoms with Crippen molar-refractivity contribution >= 4 is 5.91 Å². The summed E-state index contributed by atoms with van der Waals surface area (Å²) >= 11 is 0. The molecule has 2 aromatic rings. The molecule has 1 aliphatic heterocycles. The number of carbonyl (C=O) groups is 1. The maximum absolute atomic E-state index is 12.9. The number of amides is 1. The zero-order chi connectivity index (χ0) is 15.5. The second kappa shape index (κ2) is 6.32. The van der Waals surface area contributed by atoms with E-state index in [4.69, 9.17) is 9.15 Å². The average Bonchev–Trinajstić information content (AvgIpc) is 3.20. The number of rotatable bonds is 4. The van der Waals surface area contributed by atoms with Crippen molar-refractivity contribution in [2.24, 2.45) is 0 Å². The minimum absolute atomic E-state index is 0.0608. The summed E-state index contributed by atoms with van der Waals surface area (Å²) in [6.45, 7) is 2.68. The first kappa shape index (κ1) is 14.8. The van der Waals surface area contributed by atoms with Gasteiger partial charge in [-0.1, -0.05) is 0 Å². The van der Waals surface area contributed by atoms with Gasteiger partial charge in [-0.3, -0.25) is 4.79 Å². The number of hydrogen-bond acceptors (Lipinski definition) is 3. The van der Waals surface area contributed by atoms with Gasteiger partial charge in [0.25, 0.3) is 5.91 Å². The van der Waals surface area contributed by atoms with E-state index in [1.807, 2.05) is 6.92 Å². The number of carbonyl (C=O) groups excluding carboxylic acids is 1. The number of benzene rings is 1. The van der Waals surface area contributed by atoms with Crippen LogP contribution < -0.4 is 5.32 Å². The van der Waals surface area contributed by atoms with Crippen molar-refractivity contribution in [2.75, 3.05) is 6.61 Å². The molecule has 1 fully saturated rings. The van der Waals surface area contributed by atoms with Crippen LogP contribution >= 0.6 is 0 Å². The Hall–Kier alpha value is -2.14. The highest BCUT2D eigenvalue weighted by Crippen LogP contribution is 2.23. The van der Waals surface area contributed by atoms with Crippen LogP contribution in [0.4, 0.5) is 4.39 Å². The van der Waals surface area contributed by atoms with Gasteiger partial charge in [-0.25, -0.2) is 4.39 Å². The van der Waals surface area contributed by atoms with E-state index in [0.29, 0.717) is 5.76 Å². The summed E-state index contributed by atoms with van der Waals surface area (Å²) in [7, 11) is 0. The normalized spacial score (nSPS) is 19.1. The van der Waals surface area contributed by atoms with Gasteiger partial charge < -0.3 is 14.5 Å². The van der Waals surface area contributed by atoms with Crippen LogP contribution in [-0.2, 0) is 4.74 Å². The second-order valence-electron chi connectivity index (χ2n) is 5.48. The Labute approximate surface area is 128 Å². The number of nitrogens with one attached hydrogen (secondary N) is 1. The van der Waals surface area contributed by atoms with Gasteiger partial charge >= 0.3 is 0 Å². The molecule has 1 saturated heterocycles. The summed E-state index contributed by atoms with van der Waals surface area (Å²) in [6, 6.07) is 9.22. The maximum Gasteiger partial charge on any atom is 0.287 e. The third kappa shape index (κ3) is 3.20. The quantitative estimate of drug-likeness (QED) is 0.942. The Morgan fingerprint density at radius 2 is 2.05 bits per heavy atom. The van der Waals surface area contributed by atoms with Gasteiger partial charge in [-0.2, -0.15) is 0 Å². The van der Waals surface area contributed by atoms with E-state index in [1.54, 1.807) is 24.3 Å². The van der Waals surface area contributed by atoms with Crippen LogP contribution in [0.15, 0.2) is 40.8 Å². The highest BCUT2D eigenvalue weighted by Gasteiger charge is 2.24. The van der Waals surface area contributed by atoms with Crippen molar-refractivity contribution in [1.29, 1.82) is 0 Å². The smallest absolute Gasteiger partial charge is 0.287 e. The van der Waals surface area contributed by atoms with E-state index in [9.17, 15) is 9.18 Å². The predicted octanol–water partition coefficient (Wildman–Crippen LogP) is 3.38. The SMILES string of the molecule is CC(NC(=O)c1ccc(-c2ccc(F)cc2)o1)C1CCCO1. The summed E-state index contributed by atoms with van der Waals surface area (Å²) in [5.74, 6) is 0.203. The fourth-order valence-corrected chi connectivity index (χ4v) is 2.60. The molecular formula is C17H18FNO3. The molecule has 0 saturated carbocycles. The van der Waals surface area contributed by atoms with E-state index >= 15 is 0 Å². The van der Waals surface area contributed by atoms with Gasteiger partial charge in [0.2, 0.25) is 0 Å². The Morgan fingerprint density at radius 3 is 2.73 bits per heavy atom. The lowest BCUT2D eigenvalue weighted by Gasteiger charge is -2.19. The standard InChI is InChI=1S/C17H18FNO3/c1-11(14-3-2-10-21-14)19-17(20)16-9-8-15(22-16)12-4-6-13(18)7-5-12/h4-9,11,14H,2-3,10H2,1H3,(H,19,20). The number of halogens is 1. The Balaban J connectivity index is 1.67. The van der Waals surface area contributed by atoms with Crippen LogP contribution in [0, 0.1) is 5.82 Å². The fourth-order valence-electron chi connectivity index (χ4n) is 2.60. The molecule has 0 aliphatic carbocycles. The topological polar surface area (TPSA) is 51.5 Å². The van der Waals surface area contributed by atoms with E-state index in [-0.39, 0.29) is 29.6 Å². The van der Waals surface area contributed by atoms with Gasteiger partial charge in [0.15, 0.2) is 5.76 Å². The molecule has 0 spiro atoms. The Kier molecular flexibility index (Phi) is 4.24. The molecule has 2 atom stereocenters. The van der Waals surface area contributed by atoms with E-state index in [0.717, 1.165) is 25.0 Å². The maximum atomic E-state index is 12.9. The fraction of sp³-hybridized carbons (Fsp3) is 0.353. The first-order chi connectivity index (χ1) is 10.6. The molecule has 0 bridgehead atoms. The van der Waals surface area contributed by atoms with E-state index in [1.165, 1.54) is 12.1 Å². The zero-order valence-electron chi connectivity index (χ0n) is 12.3. The molecule has 1 aromatic carbocycles. The molecule has 2 unspecified atom stereocenters. The summed E-state index contributed by atoms with van der Waals surface area (Å²) in [6.07, 6.45) is 2.05. The number of ether oxygens (including phenoxy) is 1. The zero-order valence-corrected chi connectivity index (χ0v) is 12.3. The van der Waals surface area contributed by atoms with Crippen LogP contribution in [0.2, 0.25) is 0 Å². The lowest BCUT2D eigenvalue weighted by Crippen LogP contribution is -2.40. The highest BCUT2D eigenvalue weighted by molar-refractivity contribution is 5.92. The molecule has 1 aliphatic rings. The monoisotopic (exact) mass is 303 g/mol. The van der Waals surface area contributed by atoms with Crippen molar-refractivity contribution < 1.29 is 18.3 Å². The van der Waals surface area contributed by atoms with E-state index in [2.05, 4.69) is 5.32 Å². The molecule has 0 radical (unpaired) electrons. The van der Waals surface area contributed by atoms with Crippen molar-refractivity contribution in [3.05, 3.63) is 48.0 Å². The third-order valence-corrected chi connectivity index (χ3v) is 3.84. The van der Waals surface area contributed by atoms with Gasteiger partial charge in [0.05, 0.1) is 12.1 Å². The minimum atomic E-state index is -0.307. The summed E-state index contributed by atoms with van der Waals surface area (Å²) in [5, 5.41) is 2.89. The number of furan rings is 1. The highest BCUT2D eigenvalue weighted by atomic mass is 19.1. The van der Waals surface area contributed by atoms with Crippen molar-refractivity contribution in [2.45, 2.75) is 31.9 Å². The van der Waals surface area contributed by atoms with Crippen LogP contribution in [-0.4, -0.2) is 24.7 Å². The first-order valence-electron chi connectivity index (χ1n) is 7.42. The van der Waals surface area contributed by atoms with Crippen LogP contribution in [0.1, 0.15) is 30.3 Å². The molecule has 4 nitrogen and oxygen atoms in total. The average molecular weight is 303 g/mol. The molecule has 5 heteroatoms. The summed E-state index contributed by atoms with van der Waals surface area (Å²) in [5.41, 5.74) is 0.729. The first-order valence-corrected chi connectivity index (χ1v) is 7.42. The van der Waals surface area contributed by atoms with Crippen LogP contribution in [0.25, 0.3) is 11.3 Å². The molecule has 22 heavy (non-hydrogen) atoms. The molecular weight excluding hydrogens is 285 g/mol. The van der Waals surface area contributed by atoms with Crippen molar-refractivity contribution in [3.63, 3.8) is 0 Å². The van der Waals surface area contributed by atoms with Gasteiger partial charge in [0, 0.05) is 12.2 Å². The lowest BCUT2D eigenvalue weighted by atomic mass is 10.1. The summed E-state index contributed by atoms with van der Waals surface area (Å²) in [4.78, 5) is 12.2. The molecule has 3 rings (SSSR count). The largest absolute Gasteiger partial charge is 0.451 e. The molecule has 116 valence electrons. The van der Waals surface area contributed by atoms with Gasteiger partial charge in [-0.05, 0) is 56.2 Å². The molecule has 1 N–H and O–H groups in total. The molecule has 1 amide bonds. The number of hydrogen-bond donors (Lipinski definition) is 1. The third-order valence-electron chi connectivity index (χ3n) is 3.84. The summed E-state index contributed by atoms with van der Waals surface area (Å²) < 4.78 is 24.0. The molecule has 1 aromatic heterocycles.